The molecule has 0 spiro atoms. The number of hydrogen-bond donors (Lipinski definition) is 0. The lowest BCUT2D eigenvalue weighted by Crippen LogP contribution is -1.99. The van der Waals surface area contributed by atoms with E-state index in [9.17, 15) is 0 Å². The third-order valence-corrected chi connectivity index (χ3v) is 2.36. The molecule has 2 aromatic rings. The molecule has 0 radical (unpaired) electrons. The summed E-state index contributed by atoms with van der Waals surface area (Å²) < 4.78 is 11.0. The van der Waals surface area contributed by atoms with Crippen LogP contribution in [0.4, 0.5) is 0 Å². The number of nitrogens with zero attached hydrogens (tertiary/aromatic N) is 2. The molecule has 1 aromatic carbocycles. The van der Waals surface area contributed by atoms with Crippen LogP contribution in [0.5, 0.6) is 11.5 Å². The molecule has 4 nitrogen and oxygen atoms in total. The first-order valence-corrected chi connectivity index (χ1v) is 5.84. The minimum Gasteiger partial charge on any atom is -0.490 e. The topological polar surface area (TPSA) is 44.2 Å². The second-order valence-electron chi connectivity index (χ2n) is 3.35. The van der Waals surface area contributed by atoms with E-state index in [-0.39, 0.29) is 0 Å². The molecular formula is C12H13ClN2O2. The highest BCUT2D eigenvalue weighted by molar-refractivity contribution is 6.29. The minimum atomic E-state index is 0.365. The SMILES string of the molecule is CCOc1cc2ncc(Cl)nc2cc1OCC. The van der Waals surface area contributed by atoms with Crippen LogP contribution in [-0.2, 0) is 0 Å². The number of benzene rings is 1. The molecular weight excluding hydrogens is 240 g/mol. The highest BCUT2D eigenvalue weighted by Gasteiger charge is 2.09. The average molecular weight is 253 g/mol. The average Bonchev–Trinajstić information content (AvgIpc) is 2.31. The Hall–Kier alpha value is -1.55. The summed E-state index contributed by atoms with van der Waals surface area (Å²) in [7, 11) is 0. The van der Waals surface area contributed by atoms with Crippen molar-refractivity contribution in [2.75, 3.05) is 13.2 Å². The van der Waals surface area contributed by atoms with E-state index in [0.717, 1.165) is 5.52 Å². The quantitative estimate of drug-likeness (QED) is 0.839. The summed E-state index contributed by atoms with van der Waals surface area (Å²) in [5.41, 5.74) is 1.44. The number of halogens is 1. The molecule has 1 heterocycles. The highest BCUT2D eigenvalue weighted by atomic mass is 35.5. The summed E-state index contributed by atoms with van der Waals surface area (Å²) in [5.74, 6) is 1.34. The van der Waals surface area contributed by atoms with Crippen LogP contribution in [0.2, 0.25) is 5.15 Å². The van der Waals surface area contributed by atoms with Crippen molar-refractivity contribution in [3.05, 3.63) is 23.5 Å². The fourth-order valence-corrected chi connectivity index (χ4v) is 1.67. The number of hydrogen-bond acceptors (Lipinski definition) is 4. The van der Waals surface area contributed by atoms with Gasteiger partial charge in [-0.15, -0.1) is 0 Å². The lowest BCUT2D eigenvalue weighted by atomic mass is 10.2. The normalized spacial score (nSPS) is 10.5. The number of aromatic nitrogens is 2. The van der Waals surface area contributed by atoms with Crippen molar-refractivity contribution >= 4 is 22.6 Å². The van der Waals surface area contributed by atoms with Crippen molar-refractivity contribution in [1.82, 2.24) is 9.97 Å². The van der Waals surface area contributed by atoms with Gasteiger partial charge in [0, 0.05) is 12.1 Å². The molecule has 0 unspecified atom stereocenters. The first-order valence-electron chi connectivity index (χ1n) is 5.46. The smallest absolute Gasteiger partial charge is 0.163 e. The maximum Gasteiger partial charge on any atom is 0.163 e. The monoisotopic (exact) mass is 252 g/mol. The fourth-order valence-electron chi connectivity index (χ4n) is 1.53. The maximum absolute atomic E-state index is 5.80. The molecule has 0 bridgehead atoms. The second-order valence-corrected chi connectivity index (χ2v) is 3.73. The van der Waals surface area contributed by atoms with Crippen LogP contribution in [0.3, 0.4) is 0 Å². The standard InChI is InChI=1S/C12H13ClN2O2/c1-3-16-10-5-8-9(6-11(10)17-4-2)15-12(13)7-14-8/h5-7H,3-4H2,1-2H3. The Morgan fingerprint density at radius 1 is 1.06 bits per heavy atom. The van der Waals surface area contributed by atoms with E-state index in [4.69, 9.17) is 21.1 Å². The third kappa shape index (κ3) is 2.58. The van der Waals surface area contributed by atoms with Crippen LogP contribution in [-0.4, -0.2) is 23.2 Å². The molecule has 0 aliphatic rings. The molecule has 2 rings (SSSR count). The molecule has 17 heavy (non-hydrogen) atoms. The summed E-state index contributed by atoms with van der Waals surface area (Å²) in [5, 5.41) is 0.365. The van der Waals surface area contributed by atoms with E-state index in [0.29, 0.717) is 35.4 Å². The predicted molar refractivity (Wildman–Crippen MR) is 66.9 cm³/mol. The van der Waals surface area contributed by atoms with Crippen molar-refractivity contribution in [3.8, 4) is 11.5 Å². The molecule has 0 N–H and O–H groups in total. The van der Waals surface area contributed by atoms with Gasteiger partial charge in [-0.1, -0.05) is 11.6 Å². The molecule has 1 aromatic heterocycles. The van der Waals surface area contributed by atoms with Crippen LogP contribution in [0, 0.1) is 0 Å². The van der Waals surface area contributed by atoms with E-state index in [2.05, 4.69) is 9.97 Å². The van der Waals surface area contributed by atoms with Crippen molar-refractivity contribution in [1.29, 1.82) is 0 Å². The first kappa shape index (κ1) is 11.9. The van der Waals surface area contributed by atoms with Gasteiger partial charge in [0.2, 0.25) is 0 Å². The third-order valence-electron chi connectivity index (χ3n) is 2.18. The fraction of sp³-hybridized carbons (Fsp3) is 0.333. The van der Waals surface area contributed by atoms with Gasteiger partial charge in [0.15, 0.2) is 11.5 Å². The number of ether oxygens (including phenoxy) is 2. The van der Waals surface area contributed by atoms with Gasteiger partial charge >= 0.3 is 0 Å². The van der Waals surface area contributed by atoms with Gasteiger partial charge < -0.3 is 9.47 Å². The summed E-state index contributed by atoms with van der Waals surface area (Å²) >= 11 is 5.80. The van der Waals surface area contributed by atoms with Gasteiger partial charge in [-0.2, -0.15) is 0 Å². The molecule has 90 valence electrons. The van der Waals surface area contributed by atoms with Gasteiger partial charge in [-0.05, 0) is 13.8 Å². The lowest BCUT2D eigenvalue weighted by molar-refractivity contribution is 0.288. The van der Waals surface area contributed by atoms with Gasteiger partial charge in [0.25, 0.3) is 0 Å². The molecule has 0 atom stereocenters. The molecule has 0 aliphatic carbocycles. The molecule has 0 aliphatic heterocycles. The van der Waals surface area contributed by atoms with Crippen LogP contribution >= 0.6 is 11.6 Å². The van der Waals surface area contributed by atoms with Gasteiger partial charge in [-0.3, -0.25) is 4.98 Å². The zero-order chi connectivity index (χ0) is 12.3. The molecule has 0 fully saturated rings. The van der Waals surface area contributed by atoms with Gasteiger partial charge in [0.1, 0.15) is 5.15 Å². The van der Waals surface area contributed by atoms with Crippen LogP contribution in [0.15, 0.2) is 18.3 Å². The van der Waals surface area contributed by atoms with Gasteiger partial charge in [-0.25, -0.2) is 4.98 Å². The lowest BCUT2D eigenvalue weighted by Gasteiger charge is -2.11. The van der Waals surface area contributed by atoms with Crippen LogP contribution < -0.4 is 9.47 Å². The Morgan fingerprint density at radius 3 is 2.24 bits per heavy atom. The zero-order valence-electron chi connectivity index (χ0n) is 9.74. The molecule has 0 saturated heterocycles. The Kier molecular flexibility index (Phi) is 3.64. The first-order chi connectivity index (χ1) is 8.24. The van der Waals surface area contributed by atoms with Crippen LogP contribution in [0.25, 0.3) is 11.0 Å². The Labute approximate surface area is 105 Å². The van der Waals surface area contributed by atoms with Crippen molar-refractivity contribution in [2.24, 2.45) is 0 Å². The minimum absolute atomic E-state index is 0.365. The van der Waals surface area contributed by atoms with Crippen molar-refractivity contribution in [2.45, 2.75) is 13.8 Å². The summed E-state index contributed by atoms with van der Waals surface area (Å²) in [6.07, 6.45) is 1.51. The zero-order valence-corrected chi connectivity index (χ0v) is 10.5. The maximum atomic E-state index is 5.80. The van der Waals surface area contributed by atoms with E-state index >= 15 is 0 Å². The van der Waals surface area contributed by atoms with Crippen molar-refractivity contribution < 1.29 is 9.47 Å². The summed E-state index contributed by atoms with van der Waals surface area (Å²) in [6.45, 7) is 4.99. The van der Waals surface area contributed by atoms with E-state index in [1.807, 2.05) is 19.9 Å². The second kappa shape index (κ2) is 5.19. The largest absolute Gasteiger partial charge is 0.490 e. The number of rotatable bonds is 4. The Morgan fingerprint density at radius 2 is 1.65 bits per heavy atom. The molecule has 0 saturated carbocycles. The van der Waals surface area contributed by atoms with Gasteiger partial charge in [0.05, 0.1) is 30.4 Å². The summed E-state index contributed by atoms with van der Waals surface area (Å²) in [4.78, 5) is 8.38. The Bertz CT molecular complexity index is 531. The van der Waals surface area contributed by atoms with E-state index in [1.165, 1.54) is 6.20 Å². The predicted octanol–water partition coefficient (Wildman–Crippen LogP) is 3.08. The summed E-state index contributed by atoms with van der Waals surface area (Å²) in [6, 6.07) is 3.61. The Balaban J connectivity index is 2.55. The van der Waals surface area contributed by atoms with E-state index < -0.39 is 0 Å². The molecule has 5 heteroatoms. The number of fused-ring (bicyclic) bond motifs is 1. The van der Waals surface area contributed by atoms with Crippen LogP contribution in [0.1, 0.15) is 13.8 Å². The van der Waals surface area contributed by atoms with E-state index in [1.54, 1.807) is 6.07 Å². The molecule has 0 amide bonds. The van der Waals surface area contributed by atoms with Crippen molar-refractivity contribution in [3.63, 3.8) is 0 Å². The highest BCUT2D eigenvalue weighted by Crippen LogP contribution is 2.31.